The van der Waals surface area contributed by atoms with Crippen molar-refractivity contribution in [2.24, 2.45) is 0 Å². The lowest BCUT2D eigenvalue weighted by molar-refractivity contribution is -0.00000728. The maximum Gasteiger partial charge on any atom is 0.323 e. The van der Waals surface area contributed by atoms with Crippen LogP contribution in [0.2, 0.25) is 5.02 Å². The van der Waals surface area contributed by atoms with E-state index >= 15 is 0 Å². The fraction of sp³-hybridized carbons (Fsp3) is 0.136. The number of H-pyrrole nitrogens is 2. The third kappa shape index (κ3) is 5.13. The highest BCUT2D eigenvalue weighted by Crippen LogP contribution is 2.30. The van der Waals surface area contributed by atoms with Crippen LogP contribution in [0.4, 0.5) is 10.1 Å². The second-order valence-corrected chi connectivity index (χ2v) is 7.07. The van der Waals surface area contributed by atoms with Crippen molar-refractivity contribution in [1.82, 2.24) is 9.97 Å². The van der Waals surface area contributed by atoms with Gasteiger partial charge in [0.2, 0.25) is 0 Å². The number of imidazole rings is 1. The van der Waals surface area contributed by atoms with Gasteiger partial charge in [0, 0.05) is 17.8 Å². The molecule has 9 heteroatoms. The predicted molar refractivity (Wildman–Crippen MR) is 115 cm³/mol. The average molecular weight is 463 g/mol. The van der Waals surface area contributed by atoms with Crippen molar-refractivity contribution in [2.75, 3.05) is 12.4 Å². The molecule has 0 aliphatic carbocycles. The summed E-state index contributed by atoms with van der Waals surface area (Å²) in [7, 11) is 1.55. The number of aromatic nitrogens is 2. The highest BCUT2D eigenvalue weighted by Gasteiger charge is 2.11. The quantitative estimate of drug-likeness (QED) is 0.391. The van der Waals surface area contributed by atoms with Gasteiger partial charge in [-0.25, -0.2) is 9.18 Å². The Bertz CT molecular complexity index is 1240. The van der Waals surface area contributed by atoms with E-state index in [1.165, 1.54) is 6.07 Å². The summed E-state index contributed by atoms with van der Waals surface area (Å²) in [5, 5.41) is 3.62. The number of rotatable bonds is 7. The van der Waals surface area contributed by atoms with E-state index in [0.29, 0.717) is 28.6 Å². The molecule has 0 saturated heterocycles. The summed E-state index contributed by atoms with van der Waals surface area (Å²) in [4.78, 5) is 16.8. The molecular formula is C22H19Cl2FN3O3-. The summed E-state index contributed by atoms with van der Waals surface area (Å²) in [5.74, 6) is 0.613. The molecular weight excluding hydrogens is 444 g/mol. The smallest absolute Gasteiger partial charge is 0.323 e. The van der Waals surface area contributed by atoms with Crippen molar-refractivity contribution < 1.29 is 26.3 Å². The van der Waals surface area contributed by atoms with Crippen LogP contribution in [0.25, 0.3) is 11.0 Å². The molecule has 0 atom stereocenters. The van der Waals surface area contributed by atoms with E-state index in [2.05, 4.69) is 15.3 Å². The minimum Gasteiger partial charge on any atom is -1.00 e. The van der Waals surface area contributed by atoms with Crippen LogP contribution in [0.5, 0.6) is 11.5 Å². The number of hydrogen-bond acceptors (Lipinski definition) is 4. The molecule has 0 aliphatic heterocycles. The second kappa shape index (κ2) is 9.76. The summed E-state index contributed by atoms with van der Waals surface area (Å²) >= 11 is 6.05. The topological polar surface area (TPSA) is 79.1 Å². The second-order valence-electron chi connectivity index (χ2n) is 6.67. The van der Waals surface area contributed by atoms with Crippen LogP contribution in [-0.4, -0.2) is 17.1 Å². The molecule has 0 radical (unpaired) electrons. The first-order valence-corrected chi connectivity index (χ1v) is 9.60. The summed E-state index contributed by atoms with van der Waals surface area (Å²) in [6, 6.07) is 15.6. The highest BCUT2D eigenvalue weighted by atomic mass is 35.5. The molecule has 0 amide bonds. The SMILES string of the molecule is COc1cc(CNc2ccc3[nH]c(=O)[nH]c3c2)ccc1OCc1c(F)cccc1Cl.[Cl-]. The van der Waals surface area contributed by atoms with Crippen molar-refractivity contribution >= 4 is 28.3 Å². The van der Waals surface area contributed by atoms with E-state index in [4.69, 9.17) is 21.1 Å². The van der Waals surface area contributed by atoms with E-state index in [1.54, 1.807) is 25.3 Å². The molecule has 1 aromatic heterocycles. The van der Waals surface area contributed by atoms with Crippen LogP contribution in [0.3, 0.4) is 0 Å². The van der Waals surface area contributed by atoms with Crippen LogP contribution < -0.4 is 32.9 Å². The molecule has 0 saturated carbocycles. The zero-order valence-corrected chi connectivity index (χ0v) is 18.0. The number of anilines is 1. The molecule has 162 valence electrons. The van der Waals surface area contributed by atoms with Crippen LogP contribution >= 0.6 is 11.6 Å². The minimum atomic E-state index is -0.414. The molecule has 0 bridgehead atoms. The number of hydrogen-bond donors (Lipinski definition) is 3. The molecule has 31 heavy (non-hydrogen) atoms. The maximum absolute atomic E-state index is 13.9. The van der Waals surface area contributed by atoms with Crippen LogP contribution in [0, 0.1) is 5.82 Å². The Morgan fingerprint density at radius 3 is 2.61 bits per heavy atom. The van der Waals surface area contributed by atoms with E-state index in [-0.39, 0.29) is 24.7 Å². The zero-order valence-electron chi connectivity index (χ0n) is 16.5. The van der Waals surface area contributed by atoms with Crippen LogP contribution in [-0.2, 0) is 13.2 Å². The lowest BCUT2D eigenvalue weighted by Crippen LogP contribution is -3.00. The number of halogens is 3. The first-order valence-electron chi connectivity index (χ1n) is 9.22. The van der Waals surface area contributed by atoms with Crippen molar-refractivity contribution in [3.8, 4) is 11.5 Å². The van der Waals surface area contributed by atoms with E-state index in [0.717, 1.165) is 22.3 Å². The van der Waals surface area contributed by atoms with Crippen molar-refractivity contribution in [2.45, 2.75) is 13.2 Å². The fourth-order valence-electron chi connectivity index (χ4n) is 3.11. The average Bonchev–Trinajstić information content (AvgIpc) is 3.11. The summed E-state index contributed by atoms with van der Waals surface area (Å²) < 4.78 is 25.1. The Hall–Kier alpha value is -3.16. The molecule has 0 spiro atoms. The zero-order chi connectivity index (χ0) is 21.1. The van der Waals surface area contributed by atoms with Gasteiger partial charge in [0.1, 0.15) is 12.4 Å². The largest absolute Gasteiger partial charge is 1.00 e. The molecule has 0 aliphatic rings. The number of fused-ring (bicyclic) bond motifs is 1. The molecule has 0 fully saturated rings. The minimum absolute atomic E-state index is 0. The van der Waals surface area contributed by atoms with Gasteiger partial charge in [-0.2, -0.15) is 0 Å². The number of ether oxygens (including phenoxy) is 2. The molecule has 1 heterocycles. The van der Waals surface area contributed by atoms with Crippen molar-refractivity contribution in [3.63, 3.8) is 0 Å². The number of aromatic amines is 2. The number of nitrogens with one attached hydrogen (secondary N) is 3. The Morgan fingerprint density at radius 1 is 1.03 bits per heavy atom. The van der Waals surface area contributed by atoms with Gasteiger partial charge < -0.3 is 37.2 Å². The Kier molecular flexibility index (Phi) is 7.09. The van der Waals surface area contributed by atoms with Gasteiger partial charge >= 0.3 is 5.69 Å². The first-order chi connectivity index (χ1) is 14.5. The lowest BCUT2D eigenvalue weighted by Gasteiger charge is -2.14. The molecule has 6 nitrogen and oxygen atoms in total. The van der Waals surface area contributed by atoms with Crippen LogP contribution in [0.15, 0.2) is 59.4 Å². The van der Waals surface area contributed by atoms with Gasteiger partial charge in [0.05, 0.1) is 23.2 Å². The van der Waals surface area contributed by atoms with Gasteiger partial charge in [0.15, 0.2) is 11.5 Å². The summed E-state index contributed by atoms with van der Waals surface area (Å²) in [6.45, 7) is 0.532. The molecule has 4 aromatic rings. The van der Waals surface area contributed by atoms with Crippen molar-refractivity contribution in [1.29, 1.82) is 0 Å². The standard InChI is InChI=1S/C22H19ClFN3O3.ClH/c1-29-21-9-13(11-25-14-6-7-18-19(10-14)27-22(28)26-18)5-8-20(21)30-12-15-16(23)3-2-4-17(15)24;/h2-10,25H,11-12H2,1H3,(H2,26,27,28);1H/p-1. The van der Waals surface area contributed by atoms with Gasteiger partial charge in [0.25, 0.3) is 0 Å². The maximum atomic E-state index is 13.9. The molecule has 3 aromatic carbocycles. The van der Waals surface area contributed by atoms with Crippen molar-refractivity contribution in [3.05, 3.63) is 87.0 Å². The molecule has 4 rings (SSSR count). The third-order valence-electron chi connectivity index (χ3n) is 4.67. The molecule has 3 N–H and O–H groups in total. The normalized spacial score (nSPS) is 10.5. The third-order valence-corrected chi connectivity index (χ3v) is 5.03. The highest BCUT2D eigenvalue weighted by molar-refractivity contribution is 6.31. The van der Waals surface area contributed by atoms with E-state index in [1.807, 2.05) is 30.3 Å². The van der Waals surface area contributed by atoms with E-state index < -0.39 is 5.82 Å². The lowest BCUT2D eigenvalue weighted by atomic mass is 10.2. The van der Waals surface area contributed by atoms with Gasteiger partial charge in [-0.15, -0.1) is 0 Å². The summed E-state index contributed by atoms with van der Waals surface area (Å²) in [5.41, 5.74) is 3.38. The molecule has 0 unspecified atom stereocenters. The van der Waals surface area contributed by atoms with Gasteiger partial charge in [-0.1, -0.05) is 23.7 Å². The predicted octanol–water partition coefficient (Wildman–Crippen LogP) is 1.85. The first kappa shape index (κ1) is 22.5. The Morgan fingerprint density at radius 2 is 1.84 bits per heavy atom. The van der Waals surface area contributed by atoms with E-state index in [9.17, 15) is 9.18 Å². The van der Waals surface area contributed by atoms with Gasteiger partial charge in [-0.05, 0) is 48.0 Å². The number of benzene rings is 3. The Labute approximate surface area is 188 Å². The fourth-order valence-corrected chi connectivity index (χ4v) is 3.33. The number of methoxy groups -OCH3 is 1. The monoisotopic (exact) mass is 462 g/mol. The van der Waals surface area contributed by atoms with Crippen LogP contribution in [0.1, 0.15) is 11.1 Å². The van der Waals surface area contributed by atoms with Gasteiger partial charge in [-0.3, -0.25) is 0 Å². The Balaban J connectivity index is 0.00000272. The summed E-state index contributed by atoms with van der Waals surface area (Å²) in [6.07, 6.45) is 0.